The first kappa shape index (κ1) is 22.7. The molecule has 3 aromatic rings. The summed E-state index contributed by atoms with van der Waals surface area (Å²) in [6, 6.07) is 22.6. The Bertz CT molecular complexity index is 1240. The fraction of sp³-hybridized carbons (Fsp3) is 0.250. The number of benzene rings is 3. The lowest BCUT2D eigenvalue weighted by Crippen LogP contribution is -2.37. The molecule has 1 aliphatic heterocycles. The van der Waals surface area contributed by atoms with Gasteiger partial charge in [-0.15, -0.1) is 0 Å². The van der Waals surface area contributed by atoms with Crippen molar-refractivity contribution in [1.82, 2.24) is 4.90 Å². The number of carboxylic acids is 1. The van der Waals surface area contributed by atoms with Crippen LogP contribution in [0.15, 0.2) is 72.8 Å². The molecule has 2 N–H and O–H groups in total. The molecule has 2 aliphatic rings. The molecule has 1 aliphatic carbocycles. The van der Waals surface area contributed by atoms with Crippen LogP contribution in [0.4, 0.5) is 10.5 Å². The number of ether oxygens (including phenoxy) is 1. The molecule has 1 saturated heterocycles. The minimum Gasteiger partial charge on any atom is -0.481 e. The first-order valence-corrected chi connectivity index (χ1v) is 11.8. The Kier molecular flexibility index (Phi) is 6.23. The Labute approximate surface area is 203 Å². The Hall–Kier alpha value is -4.13. The van der Waals surface area contributed by atoms with Gasteiger partial charge in [-0.05, 0) is 47.2 Å². The topological polar surface area (TPSA) is 95.9 Å². The molecule has 1 heterocycles. The van der Waals surface area contributed by atoms with E-state index >= 15 is 0 Å². The molecule has 0 spiro atoms. The second-order valence-corrected chi connectivity index (χ2v) is 8.89. The van der Waals surface area contributed by atoms with E-state index in [-0.39, 0.29) is 30.9 Å². The van der Waals surface area contributed by atoms with Crippen molar-refractivity contribution in [2.45, 2.75) is 31.2 Å². The van der Waals surface area contributed by atoms with E-state index in [4.69, 9.17) is 4.74 Å². The van der Waals surface area contributed by atoms with Crippen LogP contribution in [0, 0.1) is 0 Å². The number of carbonyl (C=O) groups is 3. The van der Waals surface area contributed by atoms with Gasteiger partial charge in [0, 0.05) is 18.5 Å². The highest BCUT2D eigenvalue weighted by Crippen LogP contribution is 2.44. The molecule has 0 bridgehead atoms. The minimum atomic E-state index is -0.931. The van der Waals surface area contributed by atoms with Crippen LogP contribution in [-0.4, -0.2) is 47.2 Å². The Balaban J connectivity index is 1.29. The Morgan fingerprint density at radius 3 is 2.23 bits per heavy atom. The van der Waals surface area contributed by atoms with E-state index < -0.39 is 12.1 Å². The van der Waals surface area contributed by atoms with Gasteiger partial charge in [-0.25, -0.2) is 4.79 Å². The number of carbonyl (C=O) groups excluding carboxylic acids is 2. The molecule has 178 valence electrons. The molecule has 5 rings (SSSR count). The van der Waals surface area contributed by atoms with Gasteiger partial charge >= 0.3 is 12.1 Å². The van der Waals surface area contributed by atoms with E-state index in [0.29, 0.717) is 24.2 Å². The van der Waals surface area contributed by atoms with Crippen LogP contribution in [0.1, 0.15) is 46.7 Å². The summed E-state index contributed by atoms with van der Waals surface area (Å²) in [4.78, 5) is 38.8. The first-order valence-electron chi connectivity index (χ1n) is 11.8. The Morgan fingerprint density at radius 1 is 0.914 bits per heavy atom. The fourth-order valence-electron chi connectivity index (χ4n) is 5.19. The lowest BCUT2D eigenvalue weighted by Gasteiger charge is -2.24. The third kappa shape index (κ3) is 4.49. The van der Waals surface area contributed by atoms with Crippen LogP contribution in [-0.2, 0) is 9.53 Å². The molecular weight excluding hydrogens is 444 g/mol. The molecule has 2 amide bonds. The zero-order valence-corrected chi connectivity index (χ0v) is 19.1. The first-order chi connectivity index (χ1) is 17.0. The molecule has 0 saturated carbocycles. The summed E-state index contributed by atoms with van der Waals surface area (Å²) < 4.78 is 5.62. The summed E-state index contributed by atoms with van der Waals surface area (Å²) in [5, 5.41) is 11.9. The number of nitrogens with one attached hydrogen (secondary N) is 1. The maximum atomic E-state index is 13.2. The van der Waals surface area contributed by atoms with Crippen molar-refractivity contribution in [1.29, 1.82) is 0 Å². The predicted octanol–water partition coefficient (Wildman–Crippen LogP) is 5.13. The Morgan fingerprint density at radius 2 is 1.54 bits per heavy atom. The van der Waals surface area contributed by atoms with E-state index in [0.717, 1.165) is 28.7 Å². The van der Waals surface area contributed by atoms with Crippen molar-refractivity contribution in [2.24, 2.45) is 0 Å². The van der Waals surface area contributed by atoms with Crippen molar-refractivity contribution in [3.05, 3.63) is 89.5 Å². The highest BCUT2D eigenvalue weighted by Gasteiger charge is 2.32. The number of carboxylic acid groups (broad SMARTS) is 1. The van der Waals surface area contributed by atoms with E-state index in [1.54, 1.807) is 29.2 Å². The monoisotopic (exact) mass is 470 g/mol. The predicted molar refractivity (Wildman–Crippen MR) is 131 cm³/mol. The van der Waals surface area contributed by atoms with Gasteiger partial charge in [0.2, 0.25) is 0 Å². The van der Waals surface area contributed by atoms with Gasteiger partial charge in [0.25, 0.3) is 5.91 Å². The fourth-order valence-corrected chi connectivity index (χ4v) is 5.19. The smallest absolute Gasteiger partial charge is 0.411 e. The maximum Gasteiger partial charge on any atom is 0.411 e. The van der Waals surface area contributed by atoms with Crippen LogP contribution >= 0.6 is 0 Å². The third-order valence-corrected chi connectivity index (χ3v) is 6.79. The summed E-state index contributed by atoms with van der Waals surface area (Å²) in [7, 11) is 0. The zero-order valence-electron chi connectivity index (χ0n) is 19.1. The molecule has 35 heavy (non-hydrogen) atoms. The highest BCUT2D eigenvalue weighted by atomic mass is 16.5. The van der Waals surface area contributed by atoms with Gasteiger partial charge in [0.05, 0.1) is 17.7 Å². The third-order valence-electron chi connectivity index (χ3n) is 6.79. The van der Waals surface area contributed by atoms with Crippen LogP contribution in [0.25, 0.3) is 11.1 Å². The van der Waals surface area contributed by atoms with Crippen LogP contribution in [0.5, 0.6) is 0 Å². The number of fused-ring (bicyclic) bond motifs is 3. The van der Waals surface area contributed by atoms with Gasteiger partial charge in [-0.2, -0.15) is 0 Å². The van der Waals surface area contributed by atoms with E-state index in [2.05, 4.69) is 29.6 Å². The second-order valence-electron chi connectivity index (χ2n) is 8.89. The normalized spacial score (nSPS) is 16.5. The highest BCUT2D eigenvalue weighted by molar-refractivity contribution is 6.03. The van der Waals surface area contributed by atoms with Gasteiger partial charge in [0.1, 0.15) is 6.61 Å². The summed E-state index contributed by atoms with van der Waals surface area (Å²) >= 11 is 0. The number of likely N-dealkylation sites (tertiary alicyclic amines) is 1. The second kappa shape index (κ2) is 9.62. The summed E-state index contributed by atoms with van der Waals surface area (Å²) in [6.07, 6.45) is 0.676. The van der Waals surface area contributed by atoms with Gasteiger partial charge in [-0.1, -0.05) is 60.7 Å². The molecule has 3 aromatic carbocycles. The SMILES string of the molecule is O=C(O)C[C@H]1CCCN1C(=O)c1ccccc1NC(=O)OCC1c2ccccc2-c2ccccc21. The lowest BCUT2D eigenvalue weighted by atomic mass is 9.98. The molecular formula is C28H26N2O5. The molecule has 1 fully saturated rings. The number of aliphatic carboxylic acids is 1. The molecule has 7 nitrogen and oxygen atoms in total. The number of hydrogen-bond acceptors (Lipinski definition) is 4. The molecule has 0 unspecified atom stereocenters. The average Bonchev–Trinajstić information content (AvgIpc) is 3.44. The van der Waals surface area contributed by atoms with Crippen molar-refractivity contribution in [3.63, 3.8) is 0 Å². The number of anilines is 1. The van der Waals surface area contributed by atoms with Crippen LogP contribution in [0.2, 0.25) is 0 Å². The van der Waals surface area contributed by atoms with Crippen molar-refractivity contribution in [2.75, 3.05) is 18.5 Å². The number of amides is 2. The largest absolute Gasteiger partial charge is 0.481 e. The lowest BCUT2D eigenvalue weighted by molar-refractivity contribution is -0.137. The molecule has 7 heteroatoms. The maximum absolute atomic E-state index is 13.2. The van der Waals surface area contributed by atoms with E-state index in [1.165, 1.54) is 0 Å². The summed E-state index contributed by atoms with van der Waals surface area (Å²) in [6.45, 7) is 0.666. The standard InChI is InChI=1S/C28H26N2O5/c31-26(32)16-18-8-7-15-30(18)27(33)23-13-5-6-14-25(23)29-28(34)35-17-24-21-11-3-1-9-19(21)20-10-2-4-12-22(20)24/h1-6,9-14,18,24H,7-8,15-17H2,(H,29,34)(H,31,32)/t18-/m1/s1. The van der Waals surface area contributed by atoms with E-state index in [1.807, 2.05) is 24.3 Å². The molecule has 0 aromatic heterocycles. The van der Waals surface area contributed by atoms with Crippen LogP contribution in [0.3, 0.4) is 0 Å². The van der Waals surface area contributed by atoms with Crippen molar-refractivity contribution in [3.8, 4) is 11.1 Å². The van der Waals surface area contributed by atoms with Gasteiger partial charge < -0.3 is 14.7 Å². The van der Waals surface area contributed by atoms with Gasteiger partial charge in [0.15, 0.2) is 0 Å². The molecule has 0 radical (unpaired) electrons. The minimum absolute atomic E-state index is 0.0635. The number of rotatable bonds is 6. The van der Waals surface area contributed by atoms with Crippen molar-refractivity contribution >= 4 is 23.7 Å². The van der Waals surface area contributed by atoms with Crippen LogP contribution < -0.4 is 5.32 Å². The summed E-state index contributed by atoms with van der Waals surface area (Å²) in [5.74, 6) is -1.28. The van der Waals surface area contributed by atoms with Crippen molar-refractivity contribution < 1.29 is 24.2 Å². The van der Waals surface area contributed by atoms with Gasteiger partial charge in [-0.3, -0.25) is 14.9 Å². The summed E-state index contributed by atoms with van der Waals surface area (Å²) in [5.41, 5.74) is 5.20. The zero-order chi connectivity index (χ0) is 24.4. The average molecular weight is 471 g/mol. The number of nitrogens with zero attached hydrogens (tertiary/aromatic N) is 1. The molecule has 1 atom stereocenters. The number of para-hydroxylation sites is 1. The quantitative estimate of drug-likeness (QED) is 0.521. The number of hydrogen-bond donors (Lipinski definition) is 2. The van der Waals surface area contributed by atoms with E-state index in [9.17, 15) is 19.5 Å².